The summed E-state index contributed by atoms with van der Waals surface area (Å²) >= 11 is 0. The number of hydrogen-bond donors (Lipinski definition) is 2. The van der Waals surface area contributed by atoms with E-state index in [9.17, 15) is 19.7 Å². The molecule has 0 heterocycles. The molecule has 2 amide bonds. The van der Waals surface area contributed by atoms with E-state index in [-0.39, 0.29) is 16.8 Å². The molecule has 0 unspecified atom stereocenters. The fourth-order valence-corrected chi connectivity index (χ4v) is 2.54. The number of carbonyl (C=O) groups excluding carboxylic acids is 2. The average Bonchev–Trinajstić information content (AvgIpc) is 2.74. The largest absolute Gasteiger partial charge is 0.490 e. The van der Waals surface area contributed by atoms with Gasteiger partial charge in [-0.3, -0.25) is 30.6 Å². The van der Waals surface area contributed by atoms with Gasteiger partial charge in [0.2, 0.25) is 5.75 Å². The number of nitrogens with one attached hydrogen (secondary N) is 2. The van der Waals surface area contributed by atoms with Gasteiger partial charge in [-0.15, -0.1) is 0 Å². The van der Waals surface area contributed by atoms with Gasteiger partial charge < -0.3 is 14.2 Å². The Bertz CT molecular complexity index is 903. The van der Waals surface area contributed by atoms with Crippen LogP contribution in [0.1, 0.15) is 41.5 Å². The van der Waals surface area contributed by atoms with Crippen LogP contribution in [0.2, 0.25) is 0 Å². The molecule has 0 atom stereocenters. The molecule has 2 aromatic rings. The lowest BCUT2D eigenvalue weighted by Gasteiger charge is -2.17. The molecule has 0 aliphatic carbocycles. The SMILES string of the molecule is CCOc1cc(C(=O)NNC(=O)c2cccc([N+](=O)[O-])c2)cc(OCC)c1OCC. The predicted octanol–water partition coefficient (Wildman–Crippen LogP) is 2.87. The van der Waals surface area contributed by atoms with Gasteiger partial charge in [0, 0.05) is 23.3 Å². The summed E-state index contributed by atoms with van der Waals surface area (Å²) in [5, 5.41) is 10.8. The maximum absolute atomic E-state index is 12.6. The van der Waals surface area contributed by atoms with Crippen LogP contribution in [0, 0.1) is 10.1 Å². The van der Waals surface area contributed by atoms with E-state index in [1.165, 1.54) is 30.3 Å². The standard InChI is InChI=1S/C20H23N3O7/c1-4-28-16-11-14(12-17(29-5-2)18(16)30-6-3)20(25)22-21-19(24)13-8-7-9-15(10-13)23(26)27/h7-12H,4-6H2,1-3H3,(H,21,24)(H,22,25). The van der Waals surface area contributed by atoms with Gasteiger partial charge in [-0.05, 0) is 39.0 Å². The van der Waals surface area contributed by atoms with E-state index in [0.717, 1.165) is 6.07 Å². The monoisotopic (exact) mass is 417 g/mol. The summed E-state index contributed by atoms with van der Waals surface area (Å²) in [6.07, 6.45) is 0. The van der Waals surface area contributed by atoms with Crippen molar-refractivity contribution in [3.05, 3.63) is 57.6 Å². The molecule has 0 spiro atoms. The van der Waals surface area contributed by atoms with Crippen LogP contribution in [-0.4, -0.2) is 36.6 Å². The molecule has 160 valence electrons. The number of carbonyl (C=O) groups is 2. The van der Waals surface area contributed by atoms with Gasteiger partial charge in [-0.25, -0.2) is 0 Å². The Morgan fingerprint density at radius 2 is 1.40 bits per heavy atom. The fraction of sp³-hybridized carbons (Fsp3) is 0.300. The number of nitro benzene ring substituents is 1. The van der Waals surface area contributed by atoms with Crippen molar-refractivity contribution in [1.29, 1.82) is 0 Å². The number of hydrogen-bond acceptors (Lipinski definition) is 7. The second-order valence-corrected chi connectivity index (χ2v) is 5.82. The number of hydrazine groups is 1. The molecule has 0 aliphatic heterocycles. The topological polar surface area (TPSA) is 129 Å². The summed E-state index contributed by atoms with van der Waals surface area (Å²) < 4.78 is 16.7. The zero-order valence-corrected chi connectivity index (χ0v) is 16.9. The van der Waals surface area contributed by atoms with Gasteiger partial charge in [-0.2, -0.15) is 0 Å². The molecule has 30 heavy (non-hydrogen) atoms. The highest BCUT2D eigenvalue weighted by Gasteiger charge is 2.19. The normalized spacial score (nSPS) is 10.1. The lowest BCUT2D eigenvalue weighted by atomic mass is 10.1. The molecule has 10 heteroatoms. The first-order valence-electron chi connectivity index (χ1n) is 9.32. The lowest BCUT2D eigenvalue weighted by Crippen LogP contribution is -2.41. The molecule has 2 N–H and O–H groups in total. The van der Waals surface area contributed by atoms with Gasteiger partial charge in [0.05, 0.1) is 24.7 Å². The van der Waals surface area contributed by atoms with Crippen molar-refractivity contribution >= 4 is 17.5 Å². The Kier molecular flexibility index (Phi) is 7.98. The second kappa shape index (κ2) is 10.6. The highest BCUT2D eigenvalue weighted by molar-refractivity contribution is 6.00. The number of nitro groups is 1. The average molecular weight is 417 g/mol. The quantitative estimate of drug-likeness (QED) is 0.474. The molecule has 0 saturated heterocycles. The molecule has 0 aliphatic rings. The van der Waals surface area contributed by atoms with Crippen LogP contribution in [0.3, 0.4) is 0 Å². The number of amides is 2. The fourth-order valence-electron chi connectivity index (χ4n) is 2.54. The van der Waals surface area contributed by atoms with Crippen molar-refractivity contribution in [2.75, 3.05) is 19.8 Å². The van der Waals surface area contributed by atoms with Crippen molar-refractivity contribution in [2.24, 2.45) is 0 Å². The van der Waals surface area contributed by atoms with Crippen molar-refractivity contribution in [3.8, 4) is 17.2 Å². The Hall–Kier alpha value is -3.82. The lowest BCUT2D eigenvalue weighted by molar-refractivity contribution is -0.384. The minimum Gasteiger partial charge on any atom is -0.490 e. The zero-order valence-electron chi connectivity index (χ0n) is 16.9. The zero-order chi connectivity index (χ0) is 22.1. The third-order valence-corrected chi connectivity index (χ3v) is 3.78. The minimum absolute atomic E-state index is 0.0289. The van der Waals surface area contributed by atoms with Crippen molar-refractivity contribution < 1.29 is 28.7 Å². The first kappa shape index (κ1) is 22.5. The van der Waals surface area contributed by atoms with Crippen LogP contribution >= 0.6 is 0 Å². The highest BCUT2D eigenvalue weighted by atomic mass is 16.6. The number of ether oxygens (including phenoxy) is 3. The van der Waals surface area contributed by atoms with Crippen LogP contribution in [0.25, 0.3) is 0 Å². The number of nitrogens with zero attached hydrogens (tertiary/aromatic N) is 1. The highest BCUT2D eigenvalue weighted by Crippen LogP contribution is 2.39. The summed E-state index contributed by atoms with van der Waals surface area (Å²) in [4.78, 5) is 35.0. The molecule has 0 saturated carbocycles. The van der Waals surface area contributed by atoms with E-state index in [2.05, 4.69) is 10.9 Å². The van der Waals surface area contributed by atoms with E-state index in [1.54, 1.807) is 13.8 Å². The van der Waals surface area contributed by atoms with E-state index in [0.29, 0.717) is 37.1 Å². The number of rotatable bonds is 9. The van der Waals surface area contributed by atoms with Gasteiger partial charge >= 0.3 is 0 Å². The molecular formula is C20H23N3O7. The summed E-state index contributed by atoms with van der Waals surface area (Å²) in [6, 6.07) is 8.10. The third kappa shape index (κ3) is 5.60. The van der Waals surface area contributed by atoms with Crippen molar-refractivity contribution in [2.45, 2.75) is 20.8 Å². The van der Waals surface area contributed by atoms with E-state index in [1.807, 2.05) is 6.92 Å². The van der Waals surface area contributed by atoms with Crippen LogP contribution in [0.4, 0.5) is 5.69 Å². The van der Waals surface area contributed by atoms with Crippen LogP contribution in [0.15, 0.2) is 36.4 Å². The van der Waals surface area contributed by atoms with E-state index < -0.39 is 16.7 Å². The first-order valence-corrected chi connectivity index (χ1v) is 9.32. The Labute approximate surface area is 173 Å². The van der Waals surface area contributed by atoms with Crippen LogP contribution in [0.5, 0.6) is 17.2 Å². The Morgan fingerprint density at radius 1 is 0.867 bits per heavy atom. The summed E-state index contributed by atoms with van der Waals surface area (Å²) in [5.41, 5.74) is 4.47. The molecule has 0 fully saturated rings. The summed E-state index contributed by atoms with van der Waals surface area (Å²) in [7, 11) is 0. The molecular weight excluding hydrogens is 394 g/mol. The minimum atomic E-state index is -0.701. The molecule has 2 aromatic carbocycles. The maximum atomic E-state index is 12.6. The van der Waals surface area contributed by atoms with Crippen molar-refractivity contribution in [1.82, 2.24) is 10.9 Å². The summed E-state index contributed by atoms with van der Waals surface area (Å²) in [5.74, 6) is -0.272. The summed E-state index contributed by atoms with van der Waals surface area (Å²) in [6.45, 7) is 6.48. The molecule has 10 nitrogen and oxygen atoms in total. The predicted molar refractivity (Wildman–Crippen MR) is 108 cm³/mol. The maximum Gasteiger partial charge on any atom is 0.270 e. The molecule has 2 rings (SSSR count). The van der Waals surface area contributed by atoms with Gasteiger partial charge in [-0.1, -0.05) is 6.07 Å². The number of benzene rings is 2. The molecule has 0 bridgehead atoms. The molecule has 0 radical (unpaired) electrons. The van der Waals surface area contributed by atoms with Gasteiger partial charge in [0.1, 0.15) is 0 Å². The first-order chi connectivity index (χ1) is 14.4. The van der Waals surface area contributed by atoms with Crippen LogP contribution in [-0.2, 0) is 0 Å². The van der Waals surface area contributed by atoms with Gasteiger partial charge in [0.15, 0.2) is 11.5 Å². The van der Waals surface area contributed by atoms with Gasteiger partial charge in [0.25, 0.3) is 17.5 Å². The Morgan fingerprint density at radius 3 is 1.90 bits per heavy atom. The van der Waals surface area contributed by atoms with E-state index in [4.69, 9.17) is 14.2 Å². The third-order valence-electron chi connectivity index (χ3n) is 3.78. The van der Waals surface area contributed by atoms with Crippen molar-refractivity contribution in [3.63, 3.8) is 0 Å². The van der Waals surface area contributed by atoms with E-state index >= 15 is 0 Å². The molecule has 0 aromatic heterocycles. The van der Waals surface area contributed by atoms with Crippen LogP contribution < -0.4 is 25.1 Å². The second-order valence-electron chi connectivity index (χ2n) is 5.82. The number of non-ortho nitro benzene ring substituents is 1. The Balaban J connectivity index is 2.20. The smallest absolute Gasteiger partial charge is 0.270 e.